The smallest absolute Gasteiger partial charge is 0.231 e. The molecule has 0 fully saturated rings. The average molecular weight is 354 g/mol. The molecule has 0 unspecified atom stereocenters. The van der Waals surface area contributed by atoms with E-state index in [1.807, 2.05) is 30.3 Å². The predicted molar refractivity (Wildman–Crippen MR) is 82.9 cm³/mol. The molecule has 1 heterocycles. The molecule has 0 aromatic heterocycles. The van der Waals surface area contributed by atoms with Crippen LogP contribution in [0.15, 0.2) is 46.0 Å². The number of nitrogens with zero attached hydrogens (tertiary/aromatic N) is 1. The lowest BCUT2D eigenvalue weighted by Gasteiger charge is -2.03. The van der Waals surface area contributed by atoms with E-state index in [2.05, 4.69) is 26.5 Å². The summed E-state index contributed by atoms with van der Waals surface area (Å²) in [4.78, 5) is 0. The van der Waals surface area contributed by atoms with Crippen molar-refractivity contribution in [3.8, 4) is 11.5 Å². The Kier molecular flexibility index (Phi) is 3.80. The number of benzene rings is 2. The van der Waals surface area contributed by atoms with Gasteiger partial charge in [0.2, 0.25) is 6.79 Å². The number of rotatable bonds is 3. The van der Waals surface area contributed by atoms with Crippen LogP contribution in [0.2, 0.25) is 5.02 Å². The Balaban J connectivity index is 1.76. The van der Waals surface area contributed by atoms with Crippen LogP contribution in [-0.2, 0) is 0 Å². The summed E-state index contributed by atoms with van der Waals surface area (Å²) in [5, 5.41) is 4.84. The number of hydrogen-bond donors (Lipinski definition) is 1. The zero-order valence-corrected chi connectivity index (χ0v) is 12.6. The van der Waals surface area contributed by atoms with Crippen LogP contribution in [0.25, 0.3) is 0 Å². The Bertz CT molecular complexity index is 676. The van der Waals surface area contributed by atoms with Crippen LogP contribution < -0.4 is 14.9 Å². The zero-order chi connectivity index (χ0) is 13.9. The fourth-order valence-electron chi connectivity index (χ4n) is 1.77. The lowest BCUT2D eigenvalue weighted by Crippen LogP contribution is -1.93. The van der Waals surface area contributed by atoms with Crippen LogP contribution in [0, 0.1) is 0 Å². The van der Waals surface area contributed by atoms with Crippen molar-refractivity contribution in [2.45, 2.75) is 0 Å². The van der Waals surface area contributed by atoms with E-state index < -0.39 is 0 Å². The minimum Gasteiger partial charge on any atom is -0.454 e. The summed E-state index contributed by atoms with van der Waals surface area (Å²) >= 11 is 9.37. The molecule has 0 aliphatic carbocycles. The van der Waals surface area contributed by atoms with Gasteiger partial charge >= 0.3 is 0 Å². The molecule has 102 valence electrons. The Morgan fingerprint density at radius 3 is 2.80 bits per heavy atom. The van der Waals surface area contributed by atoms with Crippen LogP contribution in [0.3, 0.4) is 0 Å². The number of anilines is 1. The van der Waals surface area contributed by atoms with Crippen LogP contribution >= 0.6 is 27.5 Å². The maximum absolute atomic E-state index is 5.90. The van der Waals surface area contributed by atoms with Crippen LogP contribution in [0.4, 0.5) is 5.69 Å². The number of hydrogen-bond acceptors (Lipinski definition) is 4. The van der Waals surface area contributed by atoms with Gasteiger partial charge in [0, 0.05) is 15.1 Å². The molecule has 0 atom stereocenters. The molecule has 0 radical (unpaired) electrons. The van der Waals surface area contributed by atoms with Crippen LogP contribution in [0.1, 0.15) is 5.56 Å². The maximum Gasteiger partial charge on any atom is 0.231 e. The normalized spacial score (nSPS) is 12.9. The van der Waals surface area contributed by atoms with Gasteiger partial charge in [-0.15, -0.1) is 0 Å². The molecule has 0 bridgehead atoms. The minimum absolute atomic E-state index is 0.253. The summed E-state index contributed by atoms with van der Waals surface area (Å²) in [5.41, 5.74) is 4.64. The van der Waals surface area contributed by atoms with Gasteiger partial charge in [-0.05, 0) is 46.3 Å². The van der Waals surface area contributed by atoms with Crippen LogP contribution in [-0.4, -0.2) is 13.0 Å². The maximum atomic E-state index is 5.90. The van der Waals surface area contributed by atoms with Crippen molar-refractivity contribution in [1.29, 1.82) is 0 Å². The van der Waals surface area contributed by atoms with Gasteiger partial charge in [-0.3, -0.25) is 5.43 Å². The van der Waals surface area contributed by atoms with E-state index in [4.69, 9.17) is 21.1 Å². The van der Waals surface area contributed by atoms with E-state index in [1.165, 1.54) is 0 Å². The van der Waals surface area contributed by atoms with E-state index in [0.29, 0.717) is 5.02 Å². The average Bonchev–Trinajstić information content (AvgIpc) is 2.86. The minimum atomic E-state index is 0.253. The van der Waals surface area contributed by atoms with Crippen molar-refractivity contribution < 1.29 is 9.47 Å². The molecule has 0 saturated carbocycles. The third-order valence-corrected chi connectivity index (χ3v) is 3.64. The van der Waals surface area contributed by atoms with Crippen molar-refractivity contribution >= 4 is 39.4 Å². The largest absolute Gasteiger partial charge is 0.454 e. The fourth-order valence-corrected chi connectivity index (χ4v) is 2.38. The first-order chi connectivity index (χ1) is 9.72. The molecule has 2 aromatic rings. The number of nitrogens with one attached hydrogen (secondary N) is 1. The molecule has 0 saturated heterocycles. The standard InChI is InChI=1S/C14H10BrClN2O2/c15-12-6-14-13(19-8-20-14)4-9(12)7-17-18-11-3-1-2-10(16)5-11/h1-7,18H,8H2/b17-7-. The summed E-state index contributed by atoms with van der Waals surface area (Å²) in [7, 11) is 0. The van der Waals surface area contributed by atoms with Gasteiger partial charge in [0.05, 0.1) is 11.9 Å². The van der Waals surface area contributed by atoms with Crippen molar-refractivity contribution in [2.24, 2.45) is 5.10 Å². The van der Waals surface area contributed by atoms with Gasteiger partial charge in [-0.2, -0.15) is 5.10 Å². The molecule has 0 amide bonds. The third kappa shape index (κ3) is 2.89. The van der Waals surface area contributed by atoms with E-state index in [1.54, 1.807) is 12.3 Å². The molecule has 6 heteroatoms. The molecule has 20 heavy (non-hydrogen) atoms. The topological polar surface area (TPSA) is 42.9 Å². The second-order valence-electron chi connectivity index (χ2n) is 4.11. The predicted octanol–water partition coefficient (Wildman–Crippen LogP) is 4.28. The number of hydrazone groups is 1. The van der Waals surface area contributed by atoms with Gasteiger partial charge < -0.3 is 9.47 Å². The number of halogens is 2. The summed E-state index contributed by atoms with van der Waals surface area (Å²) in [6.07, 6.45) is 1.70. The van der Waals surface area contributed by atoms with Gasteiger partial charge in [-0.25, -0.2) is 0 Å². The Labute approximate surface area is 129 Å². The second kappa shape index (κ2) is 5.73. The Morgan fingerprint density at radius 1 is 1.20 bits per heavy atom. The SMILES string of the molecule is Clc1cccc(N/N=C\c2cc3c(cc2Br)OCO3)c1. The van der Waals surface area contributed by atoms with Crippen molar-refractivity contribution in [1.82, 2.24) is 0 Å². The first kappa shape index (κ1) is 13.3. The highest BCUT2D eigenvalue weighted by Crippen LogP contribution is 2.36. The van der Waals surface area contributed by atoms with E-state index in [0.717, 1.165) is 27.2 Å². The van der Waals surface area contributed by atoms with Crippen molar-refractivity contribution in [3.63, 3.8) is 0 Å². The molecule has 0 spiro atoms. The molecular weight excluding hydrogens is 344 g/mol. The molecule has 1 aliphatic heterocycles. The summed E-state index contributed by atoms with van der Waals surface area (Å²) in [6, 6.07) is 11.1. The van der Waals surface area contributed by atoms with Crippen LogP contribution in [0.5, 0.6) is 11.5 Å². The second-order valence-corrected chi connectivity index (χ2v) is 5.40. The monoisotopic (exact) mass is 352 g/mol. The highest BCUT2D eigenvalue weighted by atomic mass is 79.9. The number of fused-ring (bicyclic) bond motifs is 1. The fraction of sp³-hybridized carbons (Fsp3) is 0.0714. The van der Waals surface area contributed by atoms with Gasteiger partial charge in [0.25, 0.3) is 0 Å². The summed E-state index contributed by atoms with van der Waals surface area (Å²) < 4.78 is 11.5. The van der Waals surface area contributed by atoms with Gasteiger partial charge in [-0.1, -0.05) is 17.7 Å². The lowest BCUT2D eigenvalue weighted by atomic mass is 10.2. The number of ether oxygens (including phenoxy) is 2. The molecular formula is C14H10BrClN2O2. The Morgan fingerprint density at radius 2 is 2.00 bits per heavy atom. The van der Waals surface area contributed by atoms with E-state index in [-0.39, 0.29) is 6.79 Å². The Hall–Kier alpha value is -1.72. The molecule has 1 N–H and O–H groups in total. The van der Waals surface area contributed by atoms with Crippen molar-refractivity contribution in [2.75, 3.05) is 12.2 Å². The zero-order valence-electron chi connectivity index (χ0n) is 10.3. The third-order valence-electron chi connectivity index (χ3n) is 2.71. The first-order valence-electron chi connectivity index (χ1n) is 5.86. The molecule has 3 rings (SSSR count). The molecule has 2 aromatic carbocycles. The first-order valence-corrected chi connectivity index (χ1v) is 7.03. The molecule has 1 aliphatic rings. The quantitative estimate of drug-likeness (QED) is 0.661. The van der Waals surface area contributed by atoms with Gasteiger partial charge in [0.1, 0.15) is 0 Å². The highest BCUT2D eigenvalue weighted by Gasteiger charge is 2.15. The summed E-state index contributed by atoms with van der Waals surface area (Å²) in [5.74, 6) is 1.45. The highest BCUT2D eigenvalue weighted by molar-refractivity contribution is 9.10. The lowest BCUT2D eigenvalue weighted by molar-refractivity contribution is 0.174. The van der Waals surface area contributed by atoms with Gasteiger partial charge in [0.15, 0.2) is 11.5 Å². The molecule has 4 nitrogen and oxygen atoms in total. The van der Waals surface area contributed by atoms with E-state index >= 15 is 0 Å². The van der Waals surface area contributed by atoms with Crippen molar-refractivity contribution in [3.05, 3.63) is 51.5 Å². The van der Waals surface area contributed by atoms with E-state index in [9.17, 15) is 0 Å². The summed E-state index contributed by atoms with van der Waals surface area (Å²) in [6.45, 7) is 0.253.